The zero-order chi connectivity index (χ0) is 15.1. The number of hydrogen-bond acceptors (Lipinski definition) is 3. The fraction of sp³-hybridized carbons (Fsp3) is 0.933. The van der Waals surface area contributed by atoms with Gasteiger partial charge in [0.15, 0.2) is 0 Å². The molecule has 0 bridgehead atoms. The molecule has 1 aromatic rings. The number of hydrogen-bond donors (Lipinski definition) is 1. The van der Waals surface area contributed by atoms with Crippen LogP contribution < -0.4 is 0 Å². The first kappa shape index (κ1) is 19.5. The van der Waals surface area contributed by atoms with Crippen LogP contribution in [0.25, 0.3) is 0 Å². The van der Waals surface area contributed by atoms with Gasteiger partial charge in [-0.3, -0.25) is 0 Å². The van der Waals surface area contributed by atoms with Crippen LogP contribution in [0, 0.1) is 0 Å². The van der Waals surface area contributed by atoms with Crippen molar-refractivity contribution in [3.05, 3.63) is 6.33 Å². The van der Waals surface area contributed by atoms with Crippen molar-refractivity contribution in [1.82, 2.24) is 20.6 Å². The van der Waals surface area contributed by atoms with Crippen LogP contribution in [0.5, 0.6) is 0 Å². The SMILES string of the molecule is CCCC[PH](CC)(CCCC)CCCC.c1nnn[nH]1. The smallest absolute Gasteiger partial charge is 0.135 e. The van der Waals surface area contributed by atoms with Crippen LogP contribution in [0.15, 0.2) is 6.33 Å². The molecule has 0 radical (unpaired) electrons. The summed E-state index contributed by atoms with van der Waals surface area (Å²) in [5, 5.41) is 12.1. The van der Waals surface area contributed by atoms with Crippen molar-refractivity contribution in [2.24, 2.45) is 0 Å². The van der Waals surface area contributed by atoms with E-state index in [0.717, 1.165) is 0 Å². The summed E-state index contributed by atoms with van der Waals surface area (Å²) in [7, 11) is -0.832. The van der Waals surface area contributed by atoms with Gasteiger partial charge in [-0.15, -0.1) is 5.10 Å². The van der Waals surface area contributed by atoms with Gasteiger partial charge in [0.25, 0.3) is 0 Å². The van der Waals surface area contributed by atoms with Gasteiger partial charge < -0.3 is 0 Å². The minimum atomic E-state index is -0.832. The Morgan fingerprint density at radius 3 is 1.55 bits per heavy atom. The third-order valence-corrected chi connectivity index (χ3v) is 9.94. The fourth-order valence-electron chi connectivity index (χ4n) is 2.69. The second-order valence-corrected chi connectivity index (χ2v) is 10.9. The molecule has 0 fully saturated rings. The van der Waals surface area contributed by atoms with Crippen molar-refractivity contribution in [3.8, 4) is 0 Å². The molecule has 0 unspecified atom stereocenters. The van der Waals surface area contributed by atoms with Gasteiger partial charge in [0.2, 0.25) is 0 Å². The molecule has 1 heterocycles. The molecule has 1 N–H and O–H groups in total. The first-order valence-corrected chi connectivity index (χ1v) is 11.2. The summed E-state index contributed by atoms with van der Waals surface area (Å²) in [5.41, 5.74) is 0. The van der Waals surface area contributed by atoms with E-state index in [2.05, 4.69) is 48.3 Å². The summed E-state index contributed by atoms with van der Waals surface area (Å²) in [4.78, 5) is 0. The molecule has 0 aliphatic rings. The van der Waals surface area contributed by atoms with E-state index in [9.17, 15) is 0 Å². The van der Waals surface area contributed by atoms with Crippen molar-refractivity contribution < 1.29 is 0 Å². The number of unbranched alkanes of at least 4 members (excludes halogenated alkanes) is 3. The van der Waals surface area contributed by atoms with Crippen molar-refractivity contribution in [2.75, 3.05) is 24.6 Å². The van der Waals surface area contributed by atoms with Gasteiger partial charge in [0.05, 0.1) is 0 Å². The number of tetrazole rings is 1. The van der Waals surface area contributed by atoms with Crippen LogP contribution in [0.4, 0.5) is 0 Å². The molecule has 0 aromatic carbocycles. The Bertz CT molecular complexity index is 238. The quantitative estimate of drug-likeness (QED) is 0.653. The topological polar surface area (TPSA) is 54.5 Å². The monoisotopic (exact) mass is 302 g/mol. The third-order valence-electron chi connectivity index (χ3n) is 4.20. The van der Waals surface area contributed by atoms with Crippen LogP contribution >= 0.6 is 7.26 Å². The molecule has 120 valence electrons. The molecule has 20 heavy (non-hydrogen) atoms. The Hall–Kier alpha value is -0.500. The fourth-order valence-corrected chi connectivity index (χ4v) is 7.81. The summed E-state index contributed by atoms with van der Waals surface area (Å²) < 4.78 is 0. The van der Waals surface area contributed by atoms with Gasteiger partial charge in [-0.05, 0) is 10.4 Å². The van der Waals surface area contributed by atoms with E-state index < -0.39 is 7.26 Å². The Morgan fingerprint density at radius 1 is 0.850 bits per heavy atom. The average Bonchev–Trinajstić information content (AvgIpc) is 3.07. The maximum Gasteiger partial charge on any atom is 0.135 e. The molecule has 0 amide bonds. The molecule has 0 saturated carbocycles. The van der Waals surface area contributed by atoms with Gasteiger partial charge in [-0.2, -0.15) is 0 Å². The maximum absolute atomic E-state index is 3.31. The van der Waals surface area contributed by atoms with Crippen molar-refractivity contribution in [2.45, 2.75) is 66.2 Å². The van der Waals surface area contributed by atoms with Crippen LogP contribution in [-0.4, -0.2) is 45.3 Å². The van der Waals surface area contributed by atoms with E-state index in [-0.39, 0.29) is 0 Å². The minimum Gasteiger partial charge on any atom is -0.246 e. The van der Waals surface area contributed by atoms with Gasteiger partial charge in [0, 0.05) is 0 Å². The summed E-state index contributed by atoms with van der Waals surface area (Å²) in [6, 6.07) is 0. The Labute approximate surface area is 125 Å². The Morgan fingerprint density at radius 2 is 1.35 bits per heavy atom. The van der Waals surface area contributed by atoms with Gasteiger partial charge >= 0.3 is 98.1 Å². The third kappa shape index (κ3) is 9.41. The molecule has 1 aromatic heterocycles. The van der Waals surface area contributed by atoms with Crippen LogP contribution in [0.1, 0.15) is 66.2 Å². The predicted molar refractivity (Wildman–Crippen MR) is 92.4 cm³/mol. The first-order valence-electron chi connectivity index (χ1n) is 8.41. The molecular formula is C15H35N4P. The van der Waals surface area contributed by atoms with Crippen LogP contribution in [0.2, 0.25) is 0 Å². The number of H-pyrrole nitrogens is 1. The molecule has 5 heteroatoms. The number of aromatic amines is 1. The predicted octanol–water partition coefficient (Wildman–Crippen LogP) is 4.36. The molecule has 0 saturated heterocycles. The molecule has 4 nitrogen and oxygen atoms in total. The summed E-state index contributed by atoms with van der Waals surface area (Å²) >= 11 is 0. The van der Waals surface area contributed by atoms with Gasteiger partial charge in [0.1, 0.15) is 6.33 Å². The number of rotatable bonds is 10. The molecule has 0 aliphatic heterocycles. The van der Waals surface area contributed by atoms with Gasteiger partial charge in [-0.1, -0.05) is 0 Å². The summed E-state index contributed by atoms with van der Waals surface area (Å²) in [5.74, 6) is 0. The number of nitrogens with one attached hydrogen (secondary N) is 1. The van der Waals surface area contributed by atoms with E-state index in [4.69, 9.17) is 0 Å². The van der Waals surface area contributed by atoms with E-state index >= 15 is 0 Å². The molecule has 0 aliphatic carbocycles. The largest absolute Gasteiger partial charge is 0.246 e. The summed E-state index contributed by atoms with van der Waals surface area (Å²) in [6.45, 7) is 9.49. The van der Waals surface area contributed by atoms with E-state index in [1.54, 1.807) is 18.5 Å². The first-order chi connectivity index (χ1) is 9.74. The van der Waals surface area contributed by atoms with E-state index in [0.29, 0.717) is 0 Å². The average molecular weight is 302 g/mol. The zero-order valence-electron chi connectivity index (χ0n) is 14.0. The molecular weight excluding hydrogens is 267 g/mol. The second kappa shape index (κ2) is 13.5. The Balaban J connectivity index is 0.000000595. The minimum absolute atomic E-state index is 0.832. The standard InChI is InChI=1S/C14H33P.CH2N4/c1-5-9-12-15(8-4,13-10-6-2)14-11-7-3;1-2-4-5-3-1/h15H,5-14H2,1-4H3;1H,(H,2,3,4,5). The van der Waals surface area contributed by atoms with Crippen molar-refractivity contribution in [1.29, 1.82) is 0 Å². The summed E-state index contributed by atoms with van der Waals surface area (Å²) in [6.07, 6.45) is 16.4. The zero-order valence-corrected chi connectivity index (χ0v) is 15.0. The Kier molecular flexibility index (Phi) is 13.1. The normalized spacial score (nSPS) is 11.8. The number of aromatic nitrogens is 4. The van der Waals surface area contributed by atoms with Crippen molar-refractivity contribution in [3.63, 3.8) is 0 Å². The molecule has 0 atom stereocenters. The molecule has 1 rings (SSSR count). The van der Waals surface area contributed by atoms with E-state index in [1.165, 1.54) is 51.0 Å². The number of nitrogens with zero attached hydrogens (tertiary/aromatic N) is 3. The van der Waals surface area contributed by atoms with Crippen LogP contribution in [0.3, 0.4) is 0 Å². The van der Waals surface area contributed by atoms with E-state index in [1.807, 2.05) is 0 Å². The maximum atomic E-state index is 3.31. The van der Waals surface area contributed by atoms with Crippen LogP contribution in [-0.2, 0) is 0 Å². The van der Waals surface area contributed by atoms with Crippen molar-refractivity contribution >= 4 is 7.26 Å². The van der Waals surface area contributed by atoms with Gasteiger partial charge in [-0.25, -0.2) is 5.10 Å². The second-order valence-electron chi connectivity index (χ2n) is 5.73. The molecule has 0 spiro atoms.